The maximum Gasteiger partial charge on any atom is 0.330 e. The third kappa shape index (κ3) is 16.2. The SMILES string of the molecule is CCCCCC=CC/C=C\CCCCCCCCOCCOC1C(OC(=O)CCC(=O)O)[C@H](n2ccc(=O)[nH]c2=O)O[C@@H]1COC(c1ccccc1)(c1ccc(OC)cc1)c1ccc(OC)cc1. The van der Waals surface area contributed by atoms with Gasteiger partial charge in [0.25, 0.3) is 5.56 Å². The first-order chi connectivity index (χ1) is 33.2. The molecule has 1 aliphatic rings. The van der Waals surface area contributed by atoms with Crippen LogP contribution in [0.5, 0.6) is 11.5 Å². The van der Waals surface area contributed by atoms with Gasteiger partial charge in [0.15, 0.2) is 12.3 Å². The number of hydrogen-bond acceptors (Lipinski definition) is 11. The molecular weight excluding hydrogens is 869 g/mol. The number of benzene rings is 3. The number of aromatic amines is 1. The smallest absolute Gasteiger partial charge is 0.330 e. The Kier molecular flexibility index (Phi) is 22.8. The largest absolute Gasteiger partial charge is 0.497 e. The Balaban J connectivity index is 1.30. The number of carbonyl (C=O) groups is 2. The molecule has 0 bridgehead atoms. The monoisotopic (exact) mass is 938 g/mol. The molecule has 0 radical (unpaired) electrons. The van der Waals surface area contributed by atoms with Gasteiger partial charge in [-0.2, -0.15) is 0 Å². The minimum absolute atomic E-state index is 0.0733. The quantitative estimate of drug-likeness (QED) is 0.0206. The Labute approximate surface area is 400 Å². The van der Waals surface area contributed by atoms with Crippen LogP contribution in [0.4, 0.5) is 0 Å². The number of nitrogens with one attached hydrogen (secondary N) is 1. The average Bonchev–Trinajstić information content (AvgIpc) is 3.68. The molecule has 1 fully saturated rings. The topological polar surface area (TPSA) is 174 Å². The van der Waals surface area contributed by atoms with E-state index in [2.05, 4.69) is 36.2 Å². The predicted molar refractivity (Wildman–Crippen MR) is 260 cm³/mol. The van der Waals surface area contributed by atoms with Gasteiger partial charge in [-0.05, 0) is 79.5 Å². The van der Waals surface area contributed by atoms with E-state index in [1.807, 2.05) is 78.9 Å². The highest BCUT2D eigenvalue weighted by atomic mass is 16.6. The highest BCUT2D eigenvalue weighted by Gasteiger charge is 2.51. The first-order valence-electron chi connectivity index (χ1n) is 24.1. The van der Waals surface area contributed by atoms with Gasteiger partial charge in [-0.1, -0.05) is 124 Å². The third-order valence-electron chi connectivity index (χ3n) is 11.9. The van der Waals surface area contributed by atoms with E-state index in [4.69, 9.17) is 33.2 Å². The number of rotatable bonds is 32. The lowest BCUT2D eigenvalue weighted by atomic mass is 9.80. The molecule has 3 aromatic carbocycles. The van der Waals surface area contributed by atoms with Gasteiger partial charge in [-0.15, -0.1) is 0 Å². The Morgan fingerprint density at radius 2 is 1.31 bits per heavy atom. The number of hydrogen-bond donors (Lipinski definition) is 2. The number of aliphatic carboxylic acids is 1. The zero-order chi connectivity index (χ0) is 48.4. The molecule has 1 aliphatic heterocycles. The van der Waals surface area contributed by atoms with E-state index in [-0.39, 0.29) is 19.8 Å². The molecule has 2 heterocycles. The molecule has 68 heavy (non-hydrogen) atoms. The van der Waals surface area contributed by atoms with Crippen molar-refractivity contribution in [2.24, 2.45) is 0 Å². The summed E-state index contributed by atoms with van der Waals surface area (Å²) < 4.78 is 44.4. The lowest BCUT2D eigenvalue weighted by Gasteiger charge is -2.37. The standard InChI is InChI=1S/C54H70N2O12/c1-4-5-6-7-8-9-10-11-12-13-14-15-16-17-18-22-37-64-38-39-65-50-46(67-52(56-36-35-47(57)55-53(56)61)51(50)68-49(60)34-33-48(58)59)40-66-54(41-23-20-19-21-24-41,42-25-29-44(62-2)30-26-42)43-27-31-45(63-3)32-28-43/h8-9,11-12,19-21,23-32,35-36,46,50-52H,4-7,10,13-18,22,33-34,37-40H2,1-3H3,(H,58,59)(H,55,57,61)/b9-8?,12-11-/t46-,50?,51?,52-/m1/s1. The molecule has 5 rings (SSSR count). The molecule has 1 aromatic heterocycles. The second-order valence-electron chi connectivity index (χ2n) is 16.8. The number of nitrogens with zero attached hydrogens (tertiary/aromatic N) is 1. The molecule has 14 heteroatoms. The maximum absolute atomic E-state index is 13.3. The van der Waals surface area contributed by atoms with Crippen LogP contribution in [-0.4, -0.2) is 85.6 Å². The van der Waals surface area contributed by atoms with Crippen molar-refractivity contribution in [3.63, 3.8) is 0 Å². The third-order valence-corrected chi connectivity index (χ3v) is 11.9. The number of ether oxygens (including phenoxy) is 7. The summed E-state index contributed by atoms with van der Waals surface area (Å²) >= 11 is 0. The highest BCUT2D eigenvalue weighted by Crippen LogP contribution is 2.43. The molecule has 4 atom stereocenters. The Bertz CT molecular complexity index is 2210. The summed E-state index contributed by atoms with van der Waals surface area (Å²) in [7, 11) is 3.19. The van der Waals surface area contributed by atoms with Gasteiger partial charge in [0.2, 0.25) is 0 Å². The van der Waals surface area contributed by atoms with Gasteiger partial charge in [-0.25, -0.2) is 4.79 Å². The molecule has 0 spiro atoms. The van der Waals surface area contributed by atoms with E-state index >= 15 is 0 Å². The second-order valence-corrected chi connectivity index (χ2v) is 16.8. The lowest BCUT2D eigenvalue weighted by molar-refractivity contribution is -0.162. The fourth-order valence-electron chi connectivity index (χ4n) is 8.26. The number of carboxylic acid groups (broad SMARTS) is 1. The van der Waals surface area contributed by atoms with Gasteiger partial charge >= 0.3 is 17.6 Å². The zero-order valence-electron chi connectivity index (χ0n) is 39.9. The number of allylic oxidation sites excluding steroid dienone is 4. The van der Waals surface area contributed by atoms with E-state index in [0.29, 0.717) is 18.1 Å². The fraction of sp³-hybridized carbons (Fsp3) is 0.481. The first kappa shape index (κ1) is 53.2. The van der Waals surface area contributed by atoms with Crippen LogP contribution >= 0.6 is 0 Å². The summed E-state index contributed by atoms with van der Waals surface area (Å²) in [5.74, 6) is -0.716. The summed E-state index contributed by atoms with van der Waals surface area (Å²) in [4.78, 5) is 52.4. The number of methoxy groups -OCH3 is 2. The number of unbranched alkanes of at least 4 members (excludes halogenated alkanes) is 9. The van der Waals surface area contributed by atoms with Crippen molar-refractivity contribution in [2.75, 3.05) is 40.6 Å². The minimum Gasteiger partial charge on any atom is -0.497 e. The van der Waals surface area contributed by atoms with Gasteiger partial charge < -0.3 is 38.3 Å². The zero-order valence-corrected chi connectivity index (χ0v) is 39.9. The van der Waals surface area contributed by atoms with Crippen molar-refractivity contribution in [2.45, 2.75) is 127 Å². The average molecular weight is 939 g/mol. The Morgan fingerprint density at radius 3 is 1.91 bits per heavy atom. The van der Waals surface area contributed by atoms with E-state index in [0.717, 1.165) is 59.4 Å². The Morgan fingerprint density at radius 1 is 0.706 bits per heavy atom. The summed E-state index contributed by atoms with van der Waals surface area (Å²) in [6.07, 6.45) is 18.6. The molecular formula is C54H70N2O12. The highest BCUT2D eigenvalue weighted by molar-refractivity contribution is 5.76. The second kappa shape index (κ2) is 29.2. The predicted octanol–water partition coefficient (Wildman–Crippen LogP) is 9.45. The van der Waals surface area contributed by atoms with Crippen LogP contribution in [0.25, 0.3) is 0 Å². The minimum atomic E-state index is -1.29. The van der Waals surface area contributed by atoms with E-state index in [9.17, 15) is 24.3 Å². The van der Waals surface area contributed by atoms with Crippen LogP contribution in [0.2, 0.25) is 0 Å². The van der Waals surface area contributed by atoms with Crippen LogP contribution in [-0.2, 0) is 38.9 Å². The molecule has 2 unspecified atom stereocenters. The van der Waals surface area contributed by atoms with Crippen LogP contribution in [0, 0.1) is 0 Å². The van der Waals surface area contributed by atoms with Crippen LogP contribution in [0.1, 0.15) is 120 Å². The first-order valence-corrected chi connectivity index (χ1v) is 24.1. The molecule has 4 aromatic rings. The van der Waals surface area contributed by atoms with E-state index < -0.39 is 66.2 Å². The van der Waals surface area contributed by atoms with Crippen LogP contribution < -0.4 is 20.7 Å². The van der Waals surface area contributed by atoms with Crippen molar-refractivity contribution >= 4 is 11.9 Å². The fourth-order valence-corrected chi connectivity index (χ4v) is 8.26. The summed E-state index contributed by atoms with van der Waals surface area (Å²) in [6, 6.07) is 25.9. The molecule has 0 aliphatic carbocycles. The van der Waals surface area contributed by atoms with Gasteiger partial charge in [0, 0.05) is 18.9 Å². The van der Waals surface area contributed by atoms with Crippen molar-refractivity contribution in [3.8, 4) is 11.5 Å². The molecule has 14 nitrogen and oxygen atoms in total. The van der Waals surface area contributed by atoms with E-state index in [1.165, 1.54) is 51.1 Å². The molecule has 0 saturated carbocycles. The Hall–Kier alpha value is -5.80. The van der Waals surface area contributed by atoms with Crippen molar-refractivity contribution in [3.05, 3.63) is 153 Å². The number of carboxylic acids is 1. The number of carbonyl (C=O) groups excluding carboxylic acids is 1. The van der Waals surface area contributed by atoms with Gasteiger partial charge in [-0.3, -0.25) is 23.9 Å². The molecule has 0 amide bonds. The molecule has 368 valence electrons. The summed E-state index contributed by atoms with van der Waals surface area (Å²) in [5, 5.41) is 9.34. The van der Waals surface area contributed by atoms with Crippen molar-refractivity contribution in [1.29, 1.82) is 0 Å². The van der Waals surface area contributed by atoms with Gasteiger partial charge in [0.05, 0.1) is 46.9 Å². The number of aromatic nitrogens is 2. The van der Waals surface area contributed by atoms with Crippen molar-refractivity contribution < 1.29 is 47.9 Å². The molecule has 1 saturated heterocycles. The van der Waals surface area contributed by atoms with Crippen molar-refractivity contribution in [1.82, 2.24) is 9.55 Å². The normalized spacial score (nSPS) is 17.2. The maximum atomic E-state index is 13.3. The number of esters is 1. The van der Waals surface area contributed by atoms with Crippen LogP contribution in [0.15, 0.2) is 125 Å². The molecule has 2 N–H and O–H groups in total. The number of H-pyrrole nitrogens is 1. The lowest BCUT2D eigenvalue weighted by Crippen LogP contribution is -2.43. The van der Waals surface area contributed by atoms with E-state index in [1.54, 1.807) is 14.2 Å². The summed E-state index contributed by atoms with van der Waals surface area (Å²) in [6.45, 7) is 2.90. The van der Waals surface area contributed by atoms with Crippen LogP contribution in [0.3, 0.4) is 0 Å². The van der Waals surface area contributed by atoms with Gasteiger partial charge in [0.1, 0.15) is 29.3 Å². The summed E-state index contributed by atoms with van der Waals surface area (Å²) in [5.41, 5.74) is -0.399.